The molecule has 8 heteroatoms. The number of piperidine rings is 1. The number of nitrogens with zero attached hydrogens (tertiary/aromatic N) is 3. The van der Waals surface area contributed by atoms with Gasteiger partial charge in [0.25, 0.3) is 0 Å². The minimum Gasteiger partial charge on any atom is -0.487 e. The van der Waals surface area contributed by atoms with Crippen LogP contribution in [-0.4, -0.2) is 49.4 Å². The van der Waals surface area contributed by atoms with Crippen molar-refractivity contribution in [3.05, 3.63) is 119 Å². The molecular weight excluding hydrogens is 638 g/mol. The zero-order chi connectivity index (χ0) is 35.8. The molecule has 0 spiro atoms. The van der Waals surface area contributed by atoms with Crippen molar-refractivity contribution in [1.29, 1.82) is 0 Å². The number of hydrogen-bond acceptors (Lipinski definition) is 7. The van der Waals surface area contributed by atoms with Crippen LogP contribution in [-0.2, 0) is 28.0 Å². The molecule has 2 aliphatic carbocycles. The summed E-state index contributed by atoms with van der Waals surface area (Å²) in [5.41, 5.74) is 5.44. The van der Waals surface area contributed by atoms with Crippen molar-refractivity contribution in [2.24, 2.45) is 5.92 Å². The highest BCUT2D eigenvalue weighted by atomic mass is 16.7. The maximum Gasteiger partial charge on any atom is 0.419 e. The first-order valence-corrected chi connectivity index (χ1v) is 18.2. The van der Waals surface area contributed by atoms with E-state index in [1.165, 1.54) is 5.56 Å². The Morgan fingerprint density at radius 2 is 1.53 bits per heavy atom. The number of para-hydroxylation sites is 2. The Balaban J connectivity index is 1.37. The first kappa shape index (κ1) is 34.6. The van der Waals surface area contributed by atoms with Gasteiger partial charge in [0, 0.05) is 26.1 Å². The summed E-state index contributed by atoms with van der Waals surface area (Å²) in [5, 5.41) is 1.96. The van der Waals surface area contributed by atoms with Crippen LogP contribution in [0, 0.1) is 5.92 Å². The molecule has 3 aliphatic rings. The summed E-state index contributed by atoms with van der Waals surface area (Å²) in [4.78, 5) is 37.6. The van der Waals surface area contributed by atoms with E-state index < -0.39 is 11.7 Å². The predicted molar refractivity (Wildman–Crippen MR) is 201 cm³/mol. The SMILES string of the molecule is CN(C)c1ccccc1N(C(=O)OC(C)(C)C)c1cc2c(cc1OCc1ccccc1)[C@]13CCCC[C@@H]1[C@H](C2)N(OC(=O)c1ccccc1)CC3. The molecule has 3 atom stereocenters. The van der Waals surface area contributed by atoms with Crippen LogP contribution < -0.4 is 14.5 Å². The van der Waals surface area contributed by atoms with Crippen LogP contribution in [0.15, 0.2) is 97.1 Å². The van der Waals surface area contributed by atoms with Gasteiger partial charge in [0.05, 0.1) is 28.7 Å². The van der Waals surface area contributed by atoms with Crippen LogP contribution in [0.1, 0.15) is 79.9 Å². The molecule has 4 aromatic rings. The van der Waals surface area contributed by atoms with E-state index in [4.69, 9.17) is 14.3 Å². The molecule has 1 saturated carbocycles. The maximum absolute atomic E-state index is 14.4. The van der Waals surface area contributed by atoms with E-state index in [9.17, 15) is 9.59 Å². The van der Waals surface area contributed by atoms with Crippen LogP contribution in [0.2, 0.25) is 0 Å². The number of hydroxylamine groups is 2. The third kappa shape index (κ3) is 6.94. The Hall–Kier alpha value is -4.82. The first-order chi connectivity index (χ1) is 24.5. The highest BCUT2D eigenvalue weighted by Gasteiger charge is 2.55. The number of ether oxygens (including phenoxy) is 2. The van der Waals surface area contributed by atoms with E-state index in [0.717, 1.165) is 48.9 Å². The van der Waals surface area contributed by atoms with Crippen LogP contribution >= 0.6 is 0 Å². The molecule has 0 N–H and O–H groups in total. The Bertz CT molecular complexity index is 1870. The number of amides is 1. The van der Waals surface area contributed by atoms with E-state index in [2.05, 4.69) is 24.3 Å². The van der Waals surface area contributed by atoms with Gasteiger partial charge in [-0.3, -0.25) is 0 Å². The molecule has 7 rings (SSSR count). The van der Waals surface area contributed by atoms with Crippen molar-refractivity contribution in [2.45, 2.75) is 83.0 Å². The van der Waals surface area contributed by atoms with Gasteiger partial charge in [-0.2, -0.15) is 0 Å². The molecule has 2 bridgehead atoms. The first-order valence-electron chi connectivity index (χ1n) is 18.2. The topological polar surface area (TPSA) is 71.6 Å². The molecule has 0 radical (unpaired) electrons. The maximum atomic E-state index is 14.4. The number of carbonyl (C=O) groups excluding carboxylic acids is 2. The fraction of sp³-hybridized carbons (Fsp3) is 0.395. The molecule has 1 amide bonds. The Morgan fingerprint density at radius 1 is 0.843 bits per heavy atom. The van der Waals surface area contributed by atoms with Crippen molar-refractivity contribution < 1.29 is 23.9 Å². The fourth-order valence-corrected chi connectivity index (χ4v) is 8.53. The van der Waals surface area contributed by atoms with Gasteiger partial charge in [-0.15, -0.1) is 5.06 Å². The average molecular weight is 688 g/mol. The lowest BCUT2D eigenvalue weighted by atomic mass is 9.52. The van der Waals surface area contributed by atoms with Crippen molar-refractivity contribution in [1.82, 2.24) is 5.06 Å². The predicted octanol–water partition coefficient (Wildman–Crippen LogP) is 9.24. The standard InChI is InChI=1S/C43H49N3O5/c1-42(2,3)50-41(48)46(36-22-13-12-21-35(36)44(4)5)38-27-32-26-37-33-20-14-15-23-43(33,24-25-45(37)51-40(47)31-18-10-7-11-19-31)34(32)28-39(38)49-29-30-16-8-6-9-17-30/h6-13,16-19,21-22,27-28,33,37H,14-15,20,23-26,29H2,1-5H3/t33-,37+,43+/m1/s1. The van der Waals surface area contributed by atoms with Gasteiger partial charge in [0.15, 0.2) is 0 Å². The molecule has 51 heavy (non-hydrogen) atoms. The Morgan fingerprint density at radius 3 is 2.24 bits per heavy atom. The van der Waals surface area contributed by atoms with E-state index in [1.54, 1.807) is 17.0 Å². The van der Waals surface area contributed by atoms with Gasteiger partial charge in [-0.25, -0.2) is 14.5 Å². The smallest absolute Gasteiger partial charge is 0.419 e. The summed E-state index contributed by atoms with van der Waals surface area (Å²) in [7, 11) is 3.95. The lowest BCUT2D eigenvalue weighted by Gasteiger charge is -2.58. The quantitative estimate of drug-likeness (QED) is 0.183. The van der Waals surface area contributed by atoms with Crippen molar-refractivity contribution in [3.8, 4) is 5.75 Å². The van der Waals surface area contributed by atoms with Gasteiger partial charge in [0.1, 0.15) is 18.0 Å². The molecule has 0 unspecified atom stereocenters. The minimum atomic E-state index is -0.726. The second-order valence-corrected chi connectivity index (χ2v) is 15.4. The van der Waals surface area contributed by atoms with E-state index >= 15 is 0 Å². The molecule has 2 fully saturated rings. The van der Waals surface area contributed by atoms with Gasteiger partial charge in [-0.05, 0) is 105 Å². The lowest BCUT2D eigenvalue weighted by molar-refractivity contribution is -0.190. The minimum absolute atomic E-state index is 0.0205. The third-order valence-corrected chi connectivity index (χ3v) is 10.7. The normalized spacial score (nSPS) is 21.1. The van der Waals surface area contributed by atoms with Crippen molar-refractivity contribution in [2.75, 3.05) is 30.4 Å². The summed E-state index contributed by atoms with van der Waals surface area (Å²) in [5.74, 6) is 0.652. The molecule has 0 aromatic heterocycles. The highest BCUT2D eigenvalue weighted by Crippen LogP contribution is 2.57. The van der Waals surface area contributed by atoms with Crippen LogP contribution in [0.25, 0.3) is 0 Å². The highest BCUT2D eigenvalue weighted by molar-refractivity contribution is 6.01. The zero-order valence-electron chi connectivity index (χ0n) is 30.4. The van der Waals surface area contributed by atoms with Crippen LogP contribution in [0.4, 0.5) is 21.9 Å². The lowest BCUT2D eigenvalue weighted by Crippen LogP contribution is -2.61. The average Bonchev–Trinajstić information content (AvgIpc) is 3.12. The van der Waals surface area contributed by atoms with Gasteiger partial charge in [-0.1, -0.05) is 73.5 Å². The monoisotopic (exact) mass is 687 g/mol. The summed E-state index contributed by atoms with van der Waals surface area (Å²) in [6.07, 6.45) is 5.53. The number of fused-ring (bicyclic) bond motifs is 1. The second kappa shape index (κ2) is 14.1. The van der Waals surface area contributed by atoms with Crippen LogP contribution in [0.5, 0.6) is 5.75 Å². The molecule has 4 aromatic carbocycles. The molecule has 8 nitrogen and oxygen atoms in total. The largest absolute Gasteiger partial charge is 0.487 e. The molecule has 1 heterocycles. The molecule has 1 aliphatic heterocycles. The molecular formula is C43H49N3O5. The Labute approximate surface area is 301 Å². The zero-order valence-corrected chi connectivity index (χ0v) is 30.4. The van der Waals surface area contributed by atoms with E-state index in [-0.39, 0.29) is 17.4 Å². The Kier molecular flexibility index (Phi) is 9.55. The number of hydrogen-bond donors (Lipinski definition) is 0. The van der Waals surface area contributed by atoms with E-state index in [0.29, 0.717) is 48.2 Å². The fourth-order valence-electron chi connectivity index (χ4n) is 8.53. The van der Waals surface area contributed by atoms with E-state index in [1.807, 2.05) is 105 Å². The van der Waals surface area contributed by atoms with Gasteiger partial charge >= 0.3 is 12.1 Å². The number of carbonyl (C=O) groups is 2. The number of benzene rings is 4. The number of anilines is 3. The summed E-state index contributed by atoms with van der Waals surface area (Å²) in [6, 6.07) is 31.6. The summed E-state index contributed by atoms with van der Waals surface area (Å²) >= 11 is 0. The van der Waals surface area contributed by atoms with Crippen molar-refractivity contribution in [3.63, 3.8) is 0 Å². The molecule has 266 valence electrons. The number of rotatable bonds is 8. The second-order valence-electron chi connectivity index (χ2n) is 15.4. The summed E-state index contributed by atoms with van der Waals surface area (Å²) in [6.45, 7) is 6.67. The summed E-state index contributed by atoms with van der Waals surface area (Å²) < 4.78 is 12.9. The van der Waals surface area contributed by atoms with Crippen LogP contribution in [0.3, 0.4) is 0 Å². The van der Waals surface area contributed by atoms with Gasteiger partial charge < -0.3 is 19.2 Å². The van der Waals surface area contributed by atoms with Crippen molar-refractivity contribution >= 4 is 29.1 Å². The molecule has 1 saturated heterocycles. The van der Waals surface area contributed by atoms with Gasteiger partial charge in [0.2, 0.25) is 0 Å². The third-order valence-electron chi connectivity index (χ3n) is 10.7.